The molecular formula is C14H18N2O4. The highest BCUT2D eigenvalue weighted by molar-refractivity contribution is 5.80. The van der Waals surface area contributed by atoms with Gasteiger partial charge in [0.1, 0.15) is 0 Å². The molecule has 1 aliphatic rings. The number of carbonyl (C=O) groups excluding carboxylic acids is 1. The molecule has 1 aliphatic heterocycles. The third kappa shape index (κ3) is 3.33. The molecule has 20 heavy (non-hydrogen) atoms. The highest BCUT2D eigenvalue weighted by atomic mass is 16.6. The van der Waals surface area contributed by atoms with Gasteiger partial charge in [0.2, 0.25) is 5.91 Å². The summed E-state index contributed by atoms with van der Waals surface area (Å²) < 4.78 is 5.58. The number of nitrogens with zero attached hydrogens (tertiary/aromatic N) is 2. The van der Waals surface area contributed by atoms with E-state index in [-0.39, 0.29) is 30.2 Å². The Balaban J connectivity index is 2.10. The van der Waals surface area contributed by atoms with Gasteiger partial charge in [0, 0.05) is 24.7 Å². The van der Waals surface area contributed by atoms with Crippen LogP contribution < -0.4 is 0 Å². The summed E-state index contributed by atoms with van der Waals surface area (Å²) in [5.74, 6) is -0.0960. The molecule has 6 heteroatoms. The van der Waals surface area contributed by atoms with Crippen LogP contribution in [0.4, 0.5) is 5.69 Å². The summed E-state index contributed by atoms with van der Waals surface area (Å²) in [5.41, 5.74) is 0.449. The van der Waals surface area contributed by atoms with E-state index in [1.807, 2.05) is 13.8 Å². The molecule has 0 N–H and O–H groups in total. The van der Waals surface area contributed by atoms with Crippen LogP contribution in [-0.4, -0.2) is 41.0 Å². The maximum atomic E-state index is 12.3. The number of nitro groups is 1. The Morgan fingerprint density at radius 1 is 1.35 bits per heavy atom. The van der Waals surface area contributed by atoms with Crippen molar-refractivity contribution in [1.82, 2.24) is 4.90 Å². The van der Waals surface area contributed by atoms with Gasteiger partial charge in [-0.05, 0) is 13.8 Å². The number of para-hydroxylation sites is 1. The first-order valence-corrected chi connectivity index (χ1v) is 6.63. The van der Waals surface area contributed by atoms with Gasteiger partial charge in [0.15, 0.2) is 0 Å². The van der Waals surface area contributed by atoms with E-state index in [0.29, 0.717) is 18.7 Å². The van der Waals surface area contributed by atoms with Crippen molar-refractivity contribution in [3.63, 3.8) is 0 Å². The van der Waals surface area contributed by atoms with Gasteiger partial charge in [0.05, 0.1) is 23.6 Å². The average Bonchev–Trinajstić information content (AvgIpc) is 2.37. The number of nitro benzene ring substituents is 1. The molecule has 0 aliphatic carbocycles. The number of ether oxygens (including phenoxy) is 1. The Labute approximate surface area is 117 Å². The van der Waals surface area contributed by atoms with E-state index in [2.05, 4.69) is 0 Å². The van der Waals surface area contributed by atoms with Crippen molar-refractivity contribution in [2.24, 2.45) is 0 Å². The molecule has 1 fully saturated rings. The lowest BCUT2D eigenvalue weighted by molar-refractivity contribution is -0.385. The fourth-order valence-electron chi connectivity index (χ4n) is 2.49. The molecule has 108 valence electrons. The van der Waals surface area contributed by atoms with Crippen LogP contribution in [0.5, 0.6) is 0 Å². The second kappa shape index (κ2) is 6.00. The predicted molar refractivity (Wildman–Crippen MR) is 73.4 cm³/mol. The number of amides is 1. The van der Waals surface area contributed by atoms with Gasteiger partial charge >= 0.3 is 0 Å². The van der Waals surface area contributed by atoms with Gasteiger partial charge in [0.25, 0.3) is 5.69 Å². The first kappa shape index (κ1) is 14.5. The predicted octanol–water partition coefficient (Wildman–Crippen LogP) is 1.77. The Bertz CT molecular complexity index is 508. The number of benzene rings is 1. The minimum absolute atomic E-state index is 0.00444. The van der Waals surface area contributed by atoms with Gasteiger partial charge in [-0.25, -0.2) is 0 Å². The van der Waals surface area contributed by atoms with E-state index in [9.17, 15) is 14.9 Å². The van der Waals surface area contributed by atoms with Crippen LogP contribution in [0.25, 0.3) is 0 Å². The lowest BCUT2D eigenvalue weighted by Gasteiger charge is -2.35. The van der Waals surface area contributed by atoms with E-state index in [1.54, 1.807) is 23.1 Å². The van der Waals surface area contributed by atoms with Gasteiger partial charge in [-0.1, -0.05) is 18.2 Å². The molecule has 2 rings (SSSR count). The quantitative estimate of drug-likeness (QED) is 0.624. The highest BCUT2D eigenvalue weighted by Crippen LogP contribution is 2.20. The molecule has 2 unspecified atom stereocenters. The first-order chi connectivity index (χ1) is 9.47. The molecule has 0 bridgehead atoms. The van der Waals surface area contributed by atoms with E-state index in [1.165, 1.54) is 6.07 Å². The van der Waals surface area contributed by atoms with Crippen LogP contribution in [0.2, 0.25) is 0 Å². The van der Waals surface area contributed by atoms with Crippen LogP contribution in [-0.2, 0) is 16.0 Å². The highest BCUT2D eigenvalue weighted by Gasteiger charge is 2.27. The van der Waals surface area contributed by atoms with Crippen LogP contribution in [0.3, 0.4) is 0 Å². The number of hydrogen-bond donors (Lipinski definition) is 0. The topological polar surface area (TPSA) is 72.7 Å². The van der Waals surface area contributed by atoms with Crippen molar-refractivity contribution in [3.05, 3.63) is 39.9 Å². The van der Waals surface area contributed by atoms with E-state index < -0.39 is 4.92 Å². The Morgan fingerprint density at radius 2 is 1.95 bits per heavy atom. The van der Waals surface area contributed by atoms with Crippen LogP contribution in [0, 0.1) is 10.1 Å². The molecule has 1 amide bonds. The maximum absolute atomic E-state index is 12.3. The van der Waals surface area contributed by atoms with Gasteiger partial charge in [-0.15, -0.1) is 0 Å². The third-order valence-electron chi connectivity index (χ3n) is 3.30. The van der Waals surface area contributed by atoms with Crippen LogP contribution in [0.1, 0.15) is 19.4 Å². The molecule has 2 atom stereocenters. The van der Waals surface area contributed by atoms with Crippen molar-refractivity contribution in [1.29, 1.82) is 0 Å². The zero-order chi connectivity index (χ0) is 14.7. The van der Waals surface area contributed by atoms with Crippen molar-refractivity contribution >= 4 is 11.6 Å². The maximum Gasteiger partial charge on any atom is 0.273 e. The molecule has 1 aromatic rings. The first-order valence-electron chi connectivity index (χ1n) is 6.63. The summed E-state index contributed by atoms with van der Waals surface area (Å²) in [4.78, 5) is 24.5. The molecule has 0 saturated carbocycles. The summed E-state index contributed by atoms with van der Waals surface area (Å²) in [7, 11) is 0. The van der Waals surface area contributed by atoms with Crippen LogP contribution >= 0.6 is 0 Å². The van der Waals surface area contributed by atoms with Gasteiger partial charge < -0.3 is 9.64 Å². The second-order valence-corrected chi connectivity index (χ2v) is 5.12. The van der Waals surface area contributed by atoms with Crippen molar-refractivity contribution < 1.29 is 14.5 Å². The zero-order valence-electron chi connectivity index (χ0n) is 11.6. The molecule has 1 heterocycles. The monoisotopic (exact) mass is 278 g/mol. The lowest BCUT2D eigenvalue weighted by atomic mass is 10.1. The van der Waals surface area contributed by atoms with Crippen molar-refractivity contribution in [2.75, 3.05) is 13.1 Å². The molecule has 0 aromatic heterocycles. The minimum atomic E-state index is -0.451. The smallest absolute Gasteiger partial charge is 0.273 e. The number of morpholine rings is 1. The standard InChI is InChI=1S/C14H18N2O4/c1-10-8-15(9-11(2)20-10)14(17)7-12-5-3-4-6-13(12)16(18)19/h3-6,10-11H,7-9H2,1-2H3. The molecule has 6 nitrogen and oxygen atoms in total. The average molecular weight is 278 g/mol. The number of carbonyl (C=O) groups is 1. The summed E-state index contributed by atoms with van der Waals surface area (Å²) in [6.45, 7) is 4.90. The largest absolute Gasteiger partial charge is 0.372 e. The van der Waals surface area contributed by atoms with Crippen LogP contribution in [0.15, 0.2) is 24.3 Å². The minimum Gasteiger partial charge on any atom is -0.372 e. The lowest BCUT2D eigenvalue weighted by Crippen LogP contribution is -2.48. The van der Waals surface area contributed by atoms with Crippen molar-refractivity contribution in [2.45, 2.75) is 32.5 Å². The molecule has 0 spiro atoms. The zero-order valence-corrected chi connectivity index (χ0v) is 11.6. The molecule has 0 radical (unpaired) electrons. The van der Waals surface area contributed by atoms with E-state index in [4.69, 9.17) is 4.74 Å². The summed E-state index contributed by atoms with van der Waals surface area (Å²) >= 11 is 0. The normalized spacial score (nSPS) is 22.6. The molecule has 1 saturated heterocycles. The SMILES string of the molecule is CC1CN(C(=O)Cc2ccccc2[N+](=O)[O-])CC(C)O1. The molecule has 1 aromatic carbocycles. The Morgan fingerprint density at radius 3 is 2.55 bits per heavy atom. The Kier molecular flexibility index (Phi) is 4.34. The fourth-order valence-corrected chi connectivity index (χ4v) is 2.49. The summed E-state index contributed by atoms with van der Waals surface area (Å²) in [5, 5.41) is 10.9. The third-order valence-corrected chi connectivity index (χ3v) is 3.30. The summed E-state index contributed by atoms with van der Waals surface area (Å²) in [6, 6.07) is 6.36. The van der Waals surface area contributed by atoms with Gasteiger partial charge in [-0.2, -0.15) is 0 Å². The Hall–Kier alpha value is -1.95. The summed E-state index contributed by atoms with van der Waals surface area (Å²) in [6.07, 6.45) is 0.0401. The van der Waals surface area contributed by atoms with Crippen molar-refractivity contribution in [3.8, 4) is 0 Å². The second-order valence-electron chi connectivity index (χ2n) is 5.12. The van der Waals surface area contributed by atoms with E-state index >= 15 is 0 Å². The van der Waals surface area contributed by atoms with E-state index in [0.717, 1.165) is 0 Å². The fraction of sp³-hybridized carbons (Fsp3) is 0.500. The number of hydrogen-bond acceptors (Lipinski definition) is 4. The number of rotatable bonds is 3. The molecular weight excluding hydrogens is 260 g/mol. The van der Waals surface area contributed by atoms with Gasteiger partial charge in [-0.3, -0.25) is 14.9 Å².